The molecule has 0 unspecified atom stereocenters. The molecule has 0 aromatic heterocycles. The molecule has 2 rings (SSSR count). The number of aliphatic hydroxyl groups is 1. The molecule has 0 spiro atoms. The van der Waals surface area contributed by atoms with Crippen LogP contribution in [-0.4, -0.2) is 30.8 Å². The fourth-order valence-corrected chi connectivity index (χ4v) is 2.18. The van der Waals surface area contributed by atoms with E-state index in [0.29, 0.717) is 18.7 Å². The normalized spacial score (nSPS) is 10.0. The number of hydrogen-bond acceptors (Lipinski definition) is 4. The van der Waals surface area contributed by atoms with Gasteiger partial charge in [0, 0.05) is 29.9 Å². The van der Waals surface area contributed by atoms with Gasteiger partial charge in [0.2, 0.25) is 0 Å². The van der Waals surface area contributed by atoms with Crippen molar-refractivity contribution in [3.63, 3.8) is 0 Å². The smallest absolute Gasteiger partial charge is 0.251 e. The molecule has 0 atom stereocenters. The molecule has 0 aliphatic carbocycles. The lowest BCUT2D eigenvalue weighted by Gasteiger charge is -2.12. The Hall–Kier alpha value is -2.79. The van der Waals surface area contributed by atoms with Crippen LogP contribution in [-0.2, 0) is 6.54 Å². The van der Waals surface area contributed by atoms with E-state index in [2.05, 4.69) is 17.2 Å². The summed E-state index contributed by atoms with van der Waals surface area (Å²) in [7, 11) is 0. The van der Waals surface area contributed by atoms with Crippen molar-refractivity contribution in [2.24, 2.45) is 0 Å². The minimum Gasteiger partial charge on any atom is -0.489 e. The summed E-state index contributed by atoms with van der Waals surface area (Å²) in [5.41, 5.74) is 2.41. The maximum atomic E-state index is 11.9. The summed E-state index contributed by atoms with van der Waals surface area (Å²) >= 11 is 0. The van der Waals surface area contributed by atoms with E-state index in [1.54, 1.807) is 18.2 Å². The van der Waals surface area contributed by atoms with Gasteiger partial charge in [-0.1, -0.05) is 36.9 Å². The van der Waals surface area contributed by atoms with Crippen LogP contribution in [0.3, 0.4) is 0 Å². The Kier molecular flexibility index (Phi) is 6.86. The Morgan fingerprint density at radius 1 is 1.21 bits per heavy atom. The number of carbonyl (C=O) groups is 1. The third-order valence-electron chi connectivity index (χ3n) is 3.33. The first-order valence-electron chi connectivity index (χ1n) is 7.79. The van der Waals surface area contributed by atoms with Crippen LogP contribution >= 0.6 is 0 Å². The Morgan fingerprint density at radius 2 is 2.04 bits per heavy atom. The highest BCUT2D eigenvalue weighted by molar-refractivity contribution is 5.95. The molecule has 0 aliphatic heterocycles. The number of ether oxygens (including phenoxy) is 1. The topological polar surface area (TPSA) is 70.6 Å². The molecule has 3 N–H and O–H groups in total. The minimum atomic E-state index is -0.206. The van der Waals surface area contributed by atoms with E-state index in [-0.39, 0.29) is 19.1 Å². The van der Waals surface area contributed by atoms with Crippen molar-refractivity contribution in [3.05, 3.63) is 72.3 Å². The highest BCUT2D eigenvalue weighted by atomic mass is 16.5. The molecule has 2 aromatic rings. The maximum Gasteiger partial charge on any atom is 0.251 e. The maximum absolute atomic E-state index is 11.9. The molecule has 2 aromatic carbocycles. The molecule has 0 bridgehead atoms. The summed E-state index contributed by atoms with van der Waals surface area (Å²) in [6.07, 6.45) is 1.71. The molecule has 5 heteroatoms. The summed E-state index contributed by atoms with van der Waals surface area (Å²) < 4.78 is 5.64. The van der Waals surface area contributed by atoms with Crippen LogP contribution in [0.2, 0.25) is 0 Å². The highest BCUT2D eigenvalue weighted by Crippen LogP contribution is 2.20. The third kappa shape index (κ3) is 5.14. The molecule has 5 nitrogen and oxygen atoms in total. The molecule has 126 valence electrons. The van der Waals surface area contributed by atoms with Gasteiger partial charge in [-0.3, -0.25) is 4.79 Å². The number of para-hydroxylation sites is 1. The van der Waals surface area contributed by atoms with Crippen LogP contribution < -0.4 is 15.4 Å². The number of rotatable bonds is 9. The quantitative estimate of drug-likeness (QED) is 0.620. The first-order chi connectivity index (χ1) is 11.7. The Morgan fingerprint density at radius 3 is 2.83 bits per heavy atom. The predicted octanol–water partition coefficient (Wildman–Crippen LogP) is 2.59. The van der Waals surface area contributed by atoms with Gasteiger partial charge in [0.1, 0.15) is 12.4 Å². The van der Waals surface area contributed by atoms with Crippen molar-refractivity contribution in [1.29, 1.82) is 0 Å². The minimum absolute atomic E-state index is 0.0782. The third-order valence-corrected chi connectivity index (χ3v) is 3.33. The predicted molar refractivity (Wildman–Crippen MR) is 95.3 cm³/mol. The number of hydrogen-bond donors (Lipinski definition) is 3. The van der Waals surface area contributed by atoms with Crippen molar-refractivity contribution in [2.45, 2.75) is 6.54 Å². The van der Waals surface area contributed by atoms with Gasteiger partial charge in [0.15, 0.2) is 0 Å². The lowest BCUT2D eigenvalue weighted by atomic mass is 10.1. The molecular formula is C19H22N2O3. The zero-order valence-corrected chi connectivity index (χ0v) is 13.5. The Labute approximate surface area is 142 Å². The van der Waals surface area contributed by atoms with Crippen LogP contribution in [0, 0.1) is 0 Å². The summed E-state index contributed by atoms with van der Waals surface area (Å²) in [6.45, 7) is 4.85. The van der Waals surface area contributed by atoms with Crippen LogP contribution in [0.4, 0.5) is 5.69 Å². The van der Waals surface area contributed by atoms with Gasteiger partial charge in [-0.25, -0.2) is 0 Å². The molecule has 0 aliphatic rings. The summed E-state index contributed by atoms with van der Waals surface area (Å²) in [4.78, 5) is 11.9. The SMILES string of the molecule is C=CCOc1ccccc1CNc1cccc(C(=O)NCCO)c1. The molecule has 1 amide bonds. The van der Waals surface area contributed by atoms with Crippen molar-refractivity contribution < 1.29 is 14.6 Å². The number of carbonyl (C=O) groups excluding carboxylic acids is 1. The Balaban J connectivity index is 2.02. The van der Waals surface area contributed by atoms with E-state index in [4.69, 9.17) is 9.84 Å². The van der Waals surface area contributed by atoms with E-state index in [1.807, 2.05) is 36.4 Å². The number of benzene rings is 2. The number of aliphatic hydroxyl groups excluding tert-OH is 1. The standard InChI is InChI=1S/C19H22N2O3/c1-2-12-24-18-9-4-3-6-16(18)14-21-17-8-5-7-15(13-17)19(23)20-10-11-22/h2-9,13,21-22H,1,10-12,14H2,(H,20,23). The van der Waals surface area contributed by atoms with Crippen molar-refractivity contribution >= 4 is 11.6 Å². The van der Waals surface area contributed by atoms with Gasteiger partial charge < -0.3 is 20.5 Å². The van der Waals surface area contributed by atoms with E-state index in [9.17, 15) is 4.79 Å². The fourth-order valence-electron chi connectivity index (χ4n) is 2.18. The second kappa shape index (κ2) is 9.37. The average molecular weight is 326 g/mol. The molecule has 0 saturated heterocycles. The molecule has 0 fully saturated rings. The second-order valence-electron chi connectivity index (χ2n) is 5.12. The van der Waals surface area contributed by atoms with Crippen LogP contribution in [0.5, 0.6) is 5.75 Å². The van der Waals surface area contributed by atoms with E-state index in [0.717, 1.165) is 17.0 Å². The monoisotopic (exact) mass is 326 g/mol. The van der Waals surface area contributed by atoms with E-state index >= 15 is 0 Å². The van der Waals surface area contributed by atoms with Gasteiger partial charge in [0.05, 0.1) is 6.61 Å². The van der Waals surface area contributed by atoms with Gasteiger partial charge in [0.25, 0.3) is 5.91 Å². The Bertz CT molecular complexity index is 686. The number of anilines is 1. The van der Waals surface area contributed by atoms with Crippen molar-refractivity contribution in [3.8, 4) is 5.75 Å². The molecule has 0 radical (unpaired) electrons. The highest BCUT2D eigenvalue weighted by Gasteiger charge is 2.06. The molecular weight excluding hydrogens is 304 g/mol. The zero-order chi connectivity index (χ0) is 17.2. The van der Waals surface area contributed by atoms with E-state index < -0.39 is 0 Å². The zero-order valence-electron chi connectivity index (χ0n) is 13.5. The van der Waals surface area contributed by atoms with E-state index in [1.165, 1.54) is 0 Å². The molecule has 0 heterocycles. The van der Waals surface area contributed by atoms with Crippen LogP contribution in [0.1, 0.15) is 15.9 Å². The molecule has 24 heavy (non-hydrogen) atoms. The van der Waals surface area contributed by atoms with Gasteiger partial charge in [-0.2, -0.15) is 0 Å². The second-order valence-corrected chi connectivity index (χ2v) is 5.12. The van der Waals surface area contributed by atoms with Crippen molar-refractivity contribution in [2.75, 3.05) is 25.1 Å². The average Bonchev–Trinajstić information content (AvgIpc) is 2.63. The lowest BCUT2D eigenvalue weighted by molar-refractivity contribution is 0.0945. The lowest BCUT2D eigenvalue weighted by Crippen LogP contribution is -2.26. The van der Waals surface area contributed by atoms with Crippen LogP contribution in [0.15, 0.2) is 61.2 Å². The first-order valence-corrected chi connectivity index (χ1v) is 7.79. The van der Waals surface area contributed by atoms with Gasteiger partial charge in [-0.05, 0) is 24.3 Å². The summed E-state index contributed by atoms with van der Waals surface area (Å²) in [6, 6.07) is 15.0. The van der Waals surface area contributed by atoms with Crippen LogP contribution in [0.25, 0.3) is 0 Å². The van der Waals surface area contributed by atoms with Gasteiger partial charge >= 0.3 is 0 Å². The first kappa shape index (κ1) is 17.6. The van der Waals surface area contributed by atoms with Crippen molar-refractivity contribution in [1.82, 2.24) is 5.32 Å². The number of amides is 1. The van der Waals surface area contributed by atoms with Gasteiger partial charge in [-0.15, -0.1) is 0 Å². The largest absolute Gasteiger partial charge is 0.489 e. The summed E-state index contributed by atoms with van der Waals surface area (Å²) in [5.74, 6) is 0.601. The number of nitrogens with one attached hydrogen (secondary N) is 2. The summed E-state index contributed by atoms with van der Waals surface area (Å²) in [5, 5.41) is 14.7. The fraction of sp³-hybridized carbons (Fsp3) is 0.211. The molecule has 0 saturated carbocycles.